The van der Waals surface area contributed by atoms with Gasteiger partial charge in [-0.1, -0.05) is 43.1 Å². The highest BCUT2D eigenvalue weighted by Crippen LogP contribution is 2.27. The van der Waals surface area contributed by atoms with E-state index in [1.54, 1.807) is 23.0 Å². The highest BCUT2D eigenvalue weighted by molar-refractivity contribution is 7.89. The fraction of sp³-hybridized carbons (Fsp3) is 0.400. The highest BCUT2D eigenvalue weighted by Gasteiger charge is 2.25. The number of nitrogens with zero attached hydrogens (tertiary/aromatic N) is 2. The van der Waals surface area contributed by atoms with Gasteiger partial charge in [-0.3, -0.25) is 0 Å². The molecular formula is C15H20ClN3O2S. The Morgan fingerprint density at radius 1 is 1.36 bits per heavy atom. The first-order valence-electron chi connectivity index (χ1n) is 7.16. The van der Waals surface area contributed by atoms with Crippen LogP contribution >= 0.6 is 11.6 Å². The SMILES string of the molecule is CCCCS(=O)(=O)NC(c1ccccc1Cl)c1nccn1C. The summed E-state index contributed by atoms with van der Waals surface area (Å²) in [4.78, 5) is 4.28. The molecule has 0 bridgehead atoms. The van der Waals surface area contributed by atoms with Gasteiger partial charge in [0.1, 0.15) is 11.9 Å². The zero-order valence-electron chi connectivity index (χ0n) is 12.7. The molecule has 1 unspecified atom stereocenters. The van der Waals surface area contributed by atoms with E-state index < -0.39 is 16.1 Å². The molecule has 1 heterocycles. The highest BCUT2D eigenvalue weighted by atomic mass is 35.5. The number of aryl methyl sites for hydroxylation is 1. The van der Waals surface area contributed by atoms with Crippen LogP contribution in [0.3, 0.4) is 0 Å². The van der Waals surface area contributed by atoms with Gasteiger partial charge in [-0.2, -0.15) is 0 Å². The van der Waals surface area contributed by atoms with Gasteiger partial charge in [-0.15, -0.1) is 0 Å². The number of nitrogens with one attached hydrogen (secondary N) is 1. The molecule has 7 heteroatoms. The molecule has 2 rings (SSSR count). The number of imidazole rings is 1. The molecule has 0 saturated carbocycles. The van der Waals surface area contributed by atoms with Gasteiger partial charge in [-0.05, 0) is 18.1 Å². The summed E-state index contributed by atoms with van der Waals surface area (Å²) in [5, 5.41) is 0.508. The van der Waals surface area contributed by atoms with Crippen molar-refractivity contribution in [3.8, 4) is 0 Å². The summed E-state index contributed by atoms with van der Waals surface area (Å²) in [7, 11) is -1.59. The van der Waals surface area contributed by atoms with Gasteiger partial charge in [0, 0.05) is 24.5 Å². The Kier molecular flexibility index (Phi) is 5.61. The van der Waals surface area contributed by atoms with E-state index in [0.717, 1.165) is 6.42 Å². The first-order valence-corrected chi connectivity index (χ1v) is 9.19. The van der Waals surface area contributed by atoms with Gasteiger partial charge < -0.3 is 4.57 Å². The first-order chi connectivity index (χ1) is 10.4. The minimum absolute atomic E-state index is 0.0921. The van der Waals surface area contributed by atoms with Crippen LogP contribution in [0, 0.1) is 0 Å². The third kappa shape index (κ3) is 4.09. The number of aromatic nitrogens is 2. The molecule has 2 aromatic rings. The first kappa shape index (κ1) is 17.0. The molecule has 0 amide bonds. The molecular weight excluding hydrogens is 322 g/mol. The number of hydrogen-bond acceptors (Lipinski definition) is 3. The third-order valence-corrected chi connectivity index (χ3v) is 5.16. The molecule has 1 atom stereocenters. The fourth-order valence-corrected chi connectivity index (χ4v) is 3.82. The van der Waals surface area contributed by atoms with Gasteiger partial charge in [0.2, 0.25) is 10.0 Å². The Bertz CT molecular complexity index is 728. The molecule has 0 aliphatic heterocycles. The van der Waals surface area contributed by atoms with Crippen LogP contribution in [0.5, 0.6) is 0 Å². The lowest BCUT2D eigenvalue weighted by Crippen LogP contribution is -2.33. The van der Waals surface area contributed by atoms with Crippen molar-refractivity contribution in [1.29, 1.82) is 0 Å². The molecule has 1 aromatic carbocycles. The average Bonchev–Trinajstić information content (AvgIpc) is 2.90. The van der Waals surface area contributed by atoms with Gasteiger partial charge in [0.15, 0.2) is 0 Å². The largest absolute Gasteiger partial charge is 0.336 e. The lowest BCUT2D eigenvalue weighted by atomic mass is 10.1. The van der Waals surface area contributed by atoms with Gasteiger partial charge in [0.25, 0.3) is 0 Å². The summed E-state index contributed by atoms with van der Waals surface area (Å²) in [5.41, 5.74) is 0.693. The van der Waals surface area contributed by atoms with Crippen molar-refractivity contribution in [2.24, 2.45) is 7.05 Å². The van der Waals surface area contributed by atoms with E-state index in [1.807, 2.05) is 32.2 Å². The molecule has 0 spiro atoms. The summed E-state index contributed by atoms with van der Waals surface area (Å²) in [6, 6.07) is 6.59. The molecule has 1 N–H and O–H groups in total. The third-order valence-electron chi connectivity index (χ3n) is 3.40. The van der Waals surface area contributed by atoms with Crippen LogP contribution in [0.4, 0.5) is 0 Å². The van der Waals surface area contributed by atoms with E-state index in [1.165, 1.54) is 0 Å². The number of halogens is 1. The van der Waals surface area contributed by atoms with Crippen LogP contribution in [0.2, 0.25) is 5.02 Å². The van der Waals surface area contributed by atoms with Crippen molar-refractivity contribution in [2.45, 2.75) is 25.8 Å². The summed E-state index contributed by atoms with van der Waals surface area (Å²) in [6.45, 7) is 1.96. The fourth-order valence-electron chi connectivity index (χ4n) is 2.19. The second-order valence-electron chi connectivity index (χ2n) is 5.14. The standard InChI is InChI=1S/C15H20ClN3O2S/c1-3-4-11-22(20,21)18-14(15-17-9-10-19(15)2)12-7-5-6-8-13(12)16/h5-10,14,18H,3-4,11H2,1-2H3. The van der Waals surface area contributed by atoms with Crippen molar-refractivity contribution >= 4 is 21.6 Å². The van der Waals surface area contributed by atoms with Crippen LogP contribution in [0.15, 0.2) is 36.7 Å². The molecule has 5 nitrogen and oxygen atoms in total. The van der Waals surface area contributed by atoms with Crippen molar-refractivity contribution in [2.75, 3.05) is 5.75 Å². The monoisotopic (exact) mass is 341 g/mol. The molecule has 0 radical (unpaired) electrons. The molecule has 0 saturated heterocycles. The number of unbranched alkanes of at least 4 members (excludes halogenated alkanes) is 1. The number of benzene rings is 1. The number of hydrogen-bond donors (Lipinski definition) is 1. The van der Waals surface area contributed by atoms with Crippen molar-refractivity contribution in [3.05, 3.63) is 53.1 Å². The maximum absolute atomic E-state index is 12.3. The topological polar surface area (TPSA) is 64.0 Å². The van der Waals surface area contributed by atoms with Crippen LogP contribution in [0.25, 0.3) is 0 Å². The smallest absolute Gasteiger partial charge is 0.212 e. The summed E-state index contributed by atoms with van der Waals surface area (Å²) < 4.78 is 29.1. The van der Waals surface area contributed by atoms with Crippen molar-refractivity contribution in [3.63, 3.8) is 0 Å². The van der Waals surface area contributed by atoms with E-state index in [2.05, 4.69) is 9.71 Å². The van der Waals surface area contributed by atoms with E-state index in [-0.39, 0.29) is 5.75 Å². The average molecular weight is 342 g/mol. The zero-order chi connectivity index (χ0) is 16.2. The Morgan fingerprint density at radius 2 is 2.09 bits per heavy atom. The normalized spacial score (nSPS) is 13.2. The minimum Gasteiger partial charge on any atom is -0.336 e. The lowest BCUT2D eigenvalue weighted by molar-refractivity contribution is 0.560. The van der Waals surface area contributed by atoms with E-state index in [0.29, 0.717) is 22.8 Å². The van der Waals surface area contributed by atoms with E-state index in [4.69, 9.17) is 11.6 Å². The second kappa shape index (κ2) is 7.26. The molecule has 120 valence electrons. The number of sulfonamides is 1. The predicted octanol–water partition coefficient (Wildman–Crippen LogP) is 2.88. The maximum Gasteiger partial charge on any atom is 0.212 e. The molecule has 0 aliphatic carbocycles. The Balaban J connectivity index is 2.40. The van der Waals surface area contributed by atoms with Crippen LogP contribution in [0.1, 0.15) is 37.2 Å². The maximum atomic E-state index is 12.3. The predicted molar refractivity (Wildman–Crippen MR) is 88.3 cm³/mol. The second-order valence-corrected chi connectivity index (χ2v) is 7.42. The Labute approximate surface area is 136 Å². The van der Waals surface area contributed by atoms with Crippen LogP contribution < -0.4 is 4.72 Å². The molecule has 1 aromatic heterocycles. The van der Waals surface area contributed by atoms with Gasteiger partial charge in [0.05, 0.1) is 5.75 Å². The molecule has 0 fully saturated rings. The summed E-state index contributed by atoms with van der Waals surface area (Å²) in [6.07, 6.45) is 4.85. The van der Waals surface area contributed by atoms with Crippen molar-refractivity contribution < 1.29 is 8.42 Å². The van der Waals surface area contributed by atoms with E-state index in [9.17, 15) is 8.42 Å². The van der Waals surface area contributed by atoms with Crippen molar-refractivity contribution in [1.82, 2.24) is 14.3 Å². The summed E-state index contributed by atoms with van der Waals surface area (Å²) in [5.74, 6) is 0.697. The molecule has 0 aliphatic rings. The minimum atomic E-state index is -3.41. The van der Waals surface area contributed by atoms with Crippen LogP contribution in [-0.4, -0.2) is 23.7 Å². The Morgan fingerprint density at radius 3 is 2.68 bits per heavy atom. The van der Waals surface area contributed by atoms with Gasteiger partial charge in [-0.25, -0.2) is 18.1 Å². The Hall–Kier alpha value is -1.37. The quantitative estimate of drug-likeness (QED) is 0.842. The zero-order valence-corrected chi connectivity index (χ0v) is 14.2. The lowest BCUT2D eigenvalue weighted by Gasteiger charge is -2.20. The summed E-state index contributed by atoms with van der Waals surface area (Å²) >= 11 is 6.25. The number of rotatable bonds is 7. The van der Waals surface area contributed by atoms with Crippen LogP contribution in [-0.2, 0) is 17.1 Å². The van der Waals surface area contributed by atoms with E-state index >= 15 is 0 Å². The molecule has 22 heavy (non-hydrogen) atoms. The van der Waals surface area contributed by atoms with Gasteiger partial charge >= 0.3 is 0 Å².